The maximum Gasteiger partial charge on any atom is 0.241 e. The Labute approximate surface area is 135 Å². The summed E-state index contributed by atoms with van der Waals surface area (Å²) in [6, 6.07) is 3.84. The molecule has 0 aliphatic carbocycles. The van der Waals surface area contributed by atoms with Crippen LogP contribution in [0, 0.1) is 17.6 Å². The fourth-order valence-corrected chi connectivity index (χ4v) is 3.51. The highest BCUT2D eigenvalue weighted by atomic mass is 19.1. The Bertz CT molecular complexity index is 541. The van der Waals surface area contributed by atoms with E-state index in [2.05, 4.69) is 10.9 Å². The second-order valence-electron chi connectivity index (χ2n) is 6.44. The van der Waals surface area contributed by atoms with Gasteiger partial charge in [0.25, 0.3) is 0 Å². The first kappa shape index (κ1) is 16.3. The number of hydrazine groups is 1. The molecule has 2 N–H and O–H groups in total. The lowest BCUT2D eigenvalue weighted by molar-refractivity contribution is -0.135. The number of nitrogens with zero attached hydrogens (tertiary/aromatic N) is 1. The molecule has 6 heteroatoms. The number of nitrogens with one attached hydrogen (secondary N) is 2. The van der Waals surface area contributed by atoms with Gasteiger partial charge in [-0.1, -0.05) is 6.07 Å². The molecule has 0 radical (unpaired) electrons. The average molecular weight is 323 g/mol. The predicted octanol–water partition coefficient (Wildman–Crippen LogP) is 2.00. The van der Waals surface area contributed by atoms with Crippen LogP contribution in [-0.2, 0) is 11.2 Å². The molecule has 23 heavy (non-hydrogen) atoms. The molecular weight excluding hydrogens is 300 g/mol. The van der Waals surface area contributed by atoms with Crippen LogP contribution < -0.4 is 10.9 Å². The normalized spacial score (nSPS) is 24.9. The SMILES string of the molecule is O=C(C1CCNN1)N1CCCC(CCc2c(F)cccc2F)C1. The fraction of sp³-hybridized carbons (Fsp3) is 0.588. The summed E-state index contributed by atoms with van der Waals surface area (Å²) in [6.07, 6.45) is 3.86. The quantitative estimate of drug-likeness (QED) is 0.891. The molecule has 1 amide bonds. The minimum atomic E-state index is -0.477. The zero-order valence-electron chi connectivity index (χ0n) is 13.2. The molecule has 2 heterocycles. The van der Waals surface area contributed by atoms with E-state index >= 15 is 0 Å². The first-order chi connectivity index (χ1) is 11.1. The van der Waals surface area contributed by atoms with Gasteiger partial charge in [0.1, 0.15) is 17.7 Å². The highest BCUT2D eigenvalue weighted by Crippen LogP contribution is 2.24. The van der Waals surface area contributed by atoms with Gasteiger partial charge < -0.3 is 4.90 Å². The van der Waals surface area contributed by atoms with Crippen LogP contribution in [0.3, 0.4) is 0 Å². The zero-order valence-corrected chi connectivity index (χ0v) is 13.2. The number of amides is 1. The Kier molecular flexibility index (Phi) is 5.23. The van der Waals surface area contributed by atoms with Gasteiger partial charge in [0.2, 0.25) is 5.91 Å². The molecule has 2 atom stereocenters. The van der Waals surface area contributed by atoms with Crippen molar-refractivity contribution in [2.75, 3.05) is 19.6 Å². The van der Waals surface area contributed by atoms with Gasteiger partial charge in [-0.15, -0.1) is 0 Å². The number of benzene rings is 1. The Hall–Kier alpha value is -1.53. The molecule has 0 saturated carbocycles. The van der Waals surface area contributed by atoms with E-state index in [1.807, 2.05) is 4.90 Å². The number of halogens is 2. The summed E-state index contributed by atoms with van der Waals surface area (Å²) >= 11 is 0. The number of hydrogen-bond acceptors (Lipinski definition) is 3. The van der Waals surface area contributed by atoms with Crippen molar-refractivity contribution < 1.29 is 13.6 Å². The van der Waals surface area contributed by atoms with Crippen LogP contribution in [-0.4, -0.2) is 36.5 Å². The molecule has 1 aromatic rings. The molecule has 1 aromatic carbocycles. The van der Waals surface area contributed by atoms with Crippen molar-refractivity contribution in [2.24, 2.45) is 5.92 Å². The van der Waals surface area contributed by atoms with Crippen LogP contribution in [0.5, 0.6) is 0 Å². The smallest absolute Gasteiger partial charge is 0.241 e. The standard InChI is InChI=1S/C17H23F2N3O/c18-14-4-1-5-15(19)13(14)7-6-12-3-2-10-22(11-12)17(23)16-8-9-20-21-16/h1,4-5,12,16,20-21H,2-3,6-11H2. The lowest BCUT2D eigenvalue weighted by Crippen LogP contribution is -2.49. The summed E-state index contributed by atoms with van der Waals surface area (Å²) in [5.74, 6) is -0.511. The molecule has 0 spiro atoms. The van der Waals surface area contributed by atoms with E-state index < -0.39 is 11.6 Å². The van der Waals surface area contributed by atoms with Crippen molar-refractivity contribution in [3.05, 3.63) is 35.4 Å². The Morgan fingerprint density at radius 2 is 2.04 bits per heavy atom. The summed E-state index contributed by atoms with van der Waals surface area (Å²) in [5, 5.41) is 0. The number of rotatable bonds is 4. The monoisotopic (exact) mass is 323 g/mol. The summed E-state index contributed by atoms with van der Waals surface area (Å²) in [4.78, 5) is 14.3. The van der Waals surface area contributed by atoms with Gasteiger partial charge in [-0.2, -0.15) is 0 Å². The van der Waals surface area contributed by atoms with Crippen LogP contribution in [0.1, 0.15) is 31.2 Å². The third-order valence-electron chi connectivity index (χ3n) is 4.83. The molecular formula is C17H23F2N3O. The highest BCUT2D eigenvalue weighted by Gasteiger charge is 2.30. The molecule has 126 valence electrons. The lowest BCUT2D eigenvalue weighted by Gasteiger charge is -2.34. The summed E-state index contributed by atoms with van der Waals surface area (Å²) in [6.45, 7) is 2.27. The average Bonchev–Trinajstić information content (AvgIpc) is 3.08. The van der Waals surface area contributed by atoms with Gasteiger partial charge in [-0.25, -0.2) is 14.2 Å². The maximum absolute atomic E-state index is 13.7. The van der Waals surface area contributed by atoms with Crippen LogP contribution in [0.4, 0.5) is 8.78 Å². The molecule has 2 aliphatic heterocycles. The van der Waals surface area contributed by atoms with Gasteiger partial charge in [0, 0.05) is 25.2 Å². The number of carbonyl (C=O) groups is 1. The van der Waals surface area contributed by atoms with Crippen LogP contribution >= 0.6 is 0 Å². The number of carbonyl (C=O) groups excluding carboxylic acids is 1. The van der Waals surface area contributed by atoms with E-state index in [4.69, 9.17) is 0 Å². The van der Waals surface area contributed by atoms with Crippen molar-refractivity contribution in [3.63, 3.8) is 0 Å². The van der Waals surface area contributed by atoms with Gasteiger partial charge in [-0.05, 0) is 50.2 Å². The molecule has 2 aliphatic rings. The van der Waals surface area contributed by atoms with Crippen LogP contribution in [0.2, 0.25) is 0 Å². The lowest BCUT2D eigenvalue weighted by atomic mass is 9.91. The molecule has 2 unspecified atom stereocenters. The molecule has 2 saturated heterocycles. The van der Waals surface area contributed by atoms with Gasteiger partial charge in [0.05, 0.1) is 0 Å². The Morgan fingerprint density at radius 1 is 1.26 bits per heavy atom. The van der Waals surface area contributed by atoms with Gasteiger partial charge in [0.15, 0.2) is 0 Å². The minimum Gasteiger partial charge on any atom is -0.341 e. The van der Waals surface area contributed by atoms with Crippen molar-refractivity contribution in [1.82, 2.24) is 15.8 Å². The maximum atomic E-state index is 13.7. The van der Waals surface area contributed by atoms with Gasteiger partial charge >= 0.3 is 0 Å². The van der Waals surface area contributed by atoms with E-state index in [1.54, 1.807) is 0 Å². The van der Waals surface area contributed by atoms with Crippen molar-refractivity contribution in [1.29, 1.82) is 0 Å². The predicted molar refractivity (Wildman–Crippen MR) is 83.5 cm³/mol. The number of piperidine rings is 1. The Morgan fingerprint density at radius 3 is 2.74 bits per heavy atom. The molecule has 0 bridgehead atoms. The molecule has 3 rings (SSSR count). The topological polar surface area (TPSA) is 44.4 Å². The summed E-state index contributed by atoms with van der Waals surface area (Å²) < 4.78 is 27.4. The van der Waals surface area contributed by atoms with E-state index in [0.29, 0.717) is 25.3 Å². The third-order valence-corrected chi connectivity index (χ3v) is 4.83. The van der Waals surface area contributed by atoms with Crippen LogP contribution in [0.25, 0.3) is 0 Å². The molecule has 4 nitrogen and oxygen atoms in total. The second kappa shape index (κ2) is 7.36. The van der Waals surface area contributed by atoms with Crippen LogP contribution in [0.15, 0.2) is 18.2 Å². The van der Waals surface area contributed by atoms with Crippen molar-refractivity contribution >= 4 is 5.91 Å². The third kappa shape index (κ3) is 3.87. The zero-order chi connectivity index (χ0) is 16.2. The number of hydrogen-bond donors (Lipinski definition) is 2. The first-order valence-corrected chi connectivity index (χ1v) is 8.35. The van der Waals surface area contributed by atoms with E-state index in [-0.39, 0.29) is 17.5 Å². The Balaban J connectivity index is 1.55. The first-order valence-electron chi connectivity index (χ1n) is 8.35. The highest BCUT2D eigenvalue weighted by molar-refractivity contribution is 5.82. The summed E-state index contributed by atoms with van der Waals surface area (Å²) in [5.41, 5.74) is 6.15. The van der Waals surface area contributed by atoms with Crippen molar-refractivity contribution in [2.45, 2.75) is 38.1 Å². The minimum absolute atomic E-state index is 0.136. The van der Waals surface area contributed by atoms with E-state index in [9.17, 15) is 13.6 Å². The summed E-state index contributed by atoms with van der Waals surface area (Å²) in [7, 11) is 0. The van der Waals surface area contributed by atoms with Gasteiger partial charge in [-0.3, -0.25) is 10.2 Å². The molecule has 2 fully saturated rings. The second-order valence-corrected chi connectivity index (χ2v) is 6.44. The number of likely N-dealkylation sites (tertiary alicyclic amines) is 1. The van der Waals surface area contributed by atoms with Crippen molar-refractivity contribution in [3.8, 4) is 0 Å². The van der Waals surface area contributed by atoms with E-state index in [0.717, 1.165) is 32.4 Å². The fourth-order valence-electron chi connectivity index (χ4n) is 3.51. The largest absolute Gasteiger partial charge is 0.341 e. The van der Waals surface area contributed by atoms with E-state index in [1.165, 1.54) is 18.2 Å². The molecule has 0 aromatic heterocycles.